The highest BCUT2D eigenvalue weighted by atomic mass is 16.5. The van der Waals surface area contributed by atoms with Crippen molar-refractivity contribution in [1.29, 1.82) is 0 Å². The van der Waals surface area contributed by atoms with Crippen molar-refractivity contribution in [3.8, 4) is 0 Å². The van der Waals surface area contributed by atoms with Gasteiger partial charge in [-0.15, -0.1) is 0 Å². The Bertz CT molecular complexity index is 796. The highest BCUT2D eigenvalue weighted by Gasteiger charge is 2.34. The van der Waals surface area contributed by atoms with Crippen LogP contribution in [0.2, 0.25) is 0 Å². The molecule has 122 valence electrons. The van der Waals surface area contributed by atoms with Crippen LogP contribution in [-0.4, -0.2) is 38.7 Å². The number of aromatic amines is 1. The lowest BCUT2D eigenvalue weighted by molar-refractivity contribution is -0.116. The molecule has 8 nitrogen and oxygen atoms in total. The number of ether oxygens (including phenoxy) is 1. The van der Waals surface area contributed by atoms with E-state index in [2.05, 4.69) is 15.5 Å². The highest BCUT2D eigenvalue weighted by molar-refractivity contribution is 5.94. The molecule has 1 amide bonds. The van der Waals surface area contributed by atoms with E-state index in [1.165, 1.54) is 0 Å². The van der Waals surface area contributed by atoms with E-state index in [1.807, 2.05) is 17.9 Å². The summed E-state index contributed by atoms with van der Waals surface area (Å²) in [5, 5.41) is 9.96. The minimum atomic E-state index is -0.253. The van der Waals surface area contributed by atoms with E-state index in [4.69, 9.17) is 4.74 Å². The number of aromatic nitrogens is 4. The maximum atomic E-state index is 12.5. The summed E-state index contributed by atoms with van der Waals surface area (Å²) in [6.07, 6.45) is 5.49. The van der Waals surface area contributed by atoms with Crippen molar-refractivity contribution in [2.75, 3.05) is 18.5 Å². The molecule has 2 aromatic rings. The summed E-state index contributed by atoms with van der Waals surface area (Å²) >= 11 is 0. The number of H-pyrrole nitrogens is 1. The topological polar surface area (TPSA) is 93.9 Å². The largest absolute Gasteiger partial charge is 0.381 e. The minimum Gasteiger partial charge on any atom is -0.381 e. The Hall–Kier alpha value is -2.35. The van der Waals surface area contributed by atoms with Crippen molar-refractivity contribution in [3.63, 3.8) is 0 Å². The first-order valence-corrected chi connectivity index (χ1v) is 7.84. The Morgan fingerprint density at radius 2 is 2.09 bits per heavy atom. The minimum absolute atomic E-state index is 0.0776. The number of fused-ring (bicyclic) bond motifs is 1. The van der Waals surface area contributed by atoms with E-state index in [9.17, 15) is 9.59 Å². The van der Waals surface area contributed by atoms with Gasteiger partial charge in [-0.2, -0.15) is 5.10 Å². The zero-order chi connectivity index (χ0) is 16.0. The van der Waals surface area contributed by atoms with Gasteiger partial charge in [-0.25, -0.2) is 0 Å². The highest BCUT2D eigenvalue weighted by Crippen LogP contribution is 2.36. The monoisotopic (exact) mass is 317 g/mol. The Labute approximate surface area is 132 Å². The molecule has 0 spiro atoms. The maximum absolute atomic E-state index is 12.5. The zero-order valence-corrected chi connectivity index (χ0v) is 12.9. The Balaban J connectivity index is 1.80. The van der Waals surface area contributed by atoms with Crippen LogP contribution in [0.25, 0.3) is 0 Å². The molecule has 2 aliphatic heterocycles. The molecule has 1 fully saturated rings. The number of carbonyl (C=O) groups excluding carboxylic acids is 1. The molecule has 8 heteroatoms. The average Bonchev–Trinajstić information content (AvgIpc) is 3.12. The second kappa shape index (κ2) is 5.38. The molecule has 4 rings (SSSR count). The van der Waals surface area contributed by atoms with E-state index < -0.39 is 0 Å². The number of rotatable bonds is 2. The number of amides is 1. The first-order chi connectivity index (χ1) is 11.1. The number of hydrogen-bond donors (Lipinski definition) is 2. The first-order valence-electron chi connectivity index (χ1n) is 7.84. The van der Waals surface area contributed by atoms with Crippen LogP contribution in [0.1, 0.15) is 42.3 Å². The number of aryl methyl sites for hydroxylation is 1. The molecule has 4 heterocycles. The molecule has 2 aliphatic rings. The van der Waals surface area contributed by atoms with Gasteiger partial charge >= 0.3 is 0 Å². The third-order valence-corrected chi connectivity index (χ3v) is 4.64. The Kier molecular flexibility index (Phi) is 3.33. The standard InChI is InChI=1S/C15H19N5O3/c1-19-8-9(7-16-19)11-6-12(21)17-14-13(11)15(22)18-20(14)10-2-4-23-5-3-10/h7-8,10-11H,2-6H2,1H3,(H,17,21)(H,18,22)/t11-/m0/s1. The molecule has 2 N–H and O–H groups in total. The summed E-state index contributed by atoms with van der Waals surface area (Å²) < 4.78 is 8.89. The van der Waals surface area contributed by atoms with Gasteiger partial charge in [0.1, 0.15) is 5.82 Å². The molecule has 2 aromatic heterocycles. The maximum Gasteiger partial charge on any atom is 0.270 e. The van der Waals surface area contributed by atoms with Crippen molar-refractivity contribution in [3.05, 3.63) is 33.9 Å². The smallest absolute Gasteiger partial charge is 0.270 e. The van der Waals surface area contributed by atoms with Crippen molar-refractivity contribution >= 4 is 11.7 Å². The second-order valence-corrected chi connectivity index (χ2v) is 6.17. The van der Waals surface area contributed by atoms with Gasteiger partial charge in [0.25, 0.3) is 5.56 Å². The van der Waals surface area contributed by atoms with Gasteiger partial charge in [0.15, 0.2) is 0 Å². The molecule has 0 radical (unpaired) electrons. The van der Waals surface area contributed by atoms with Crippen LogP contribution in [0.15, 0.2) is 17.2 Å². The van der Waals surface area contributed by atoms with Gasteiger partial charge in [-0.05, 0) is 18.4 Å². The summed E-state index contributed by atoms with van der Waals surface area (Å²) in [7, 11) is 1.82. The fourth-order valence-electron chi connectivity index (χ4n) is 3.51. The van der Waals surface area contributed by atoms with Crippen molar-refractivity contribution in [1.82, 2.24) is 19.6 Å². The lowest BCUT2D eigenvalue weighted by Crippen LogP contribution is -2.28. The molecule has 0 aromatic carbocycles. The van der Waals surface area contributed by atoms with Crippen molar-refractivity contribution < 1.29 is 9.53 Å². The molecule has 0 unspecified atom stereocenters. The van der Waals surface area contributed by atoms with E-state index in [-0.39, 0.29) is 29.8 Å². The second-order valence-electron chi connectivity index (χ2n) is 6.17. The fourth-order valence-corrected chi connectivity index (χ4v) is 3.51. The SMILES string of the molecule is Cn1cc([C@@H]2CC(=O)Nc3c2c(=O)[nH]n3C2CCOCC2)cn1. The first kappa shape index (κ1) is 14.3. The summed E-state index contributed by atoms with van der Waals surface area (Å²) in [5.41, 5.74) is 1.38. The molecule has 1 saturated heterocycles. The molecule has 0 saturated carbocycles. The third-order valence-electron chi connectivity index (χ3n) is 4.64. The van der Waals surface area contributed by atoms with E-state index >= 15 is 0 Å². The number of nitrogens with one attached hydrogen (secondary N) is 2. The summed E-state index contributed by atoms with van der Waals surface area (Å²) in [6, 6.07) is 0.146. The Morgan fingerprint density at radius 3 is 2.78 bits per heavy atom. The quantitative estimate of drug-likeness (QED) is 0.854. The van der Waals surface area contributed by atoms with Crippen LogP contribution in [0, 0.1) is 0 Å². The van der Waals surface area contributed by atoms with E-state index in [0.717, 1.165) is 18.4 Å². The van der Waals surface area contributed by atoms with Gasteiger partial charge in [-0.3, -0.25) is 24.1 Å². The van der Waals surface area contributed by atoms with Gasteiger partial charge in [-0.1, -0.05) is 0 Å². The normalized spacial score (nSPS) is 22.0. The summed E-state index contributed by atoms with van der Waals surface area (Å²) in [5.74, 6) is 0.274. The van der Waals surface area contributed by atoms with Crippen LogP contribution in [0.4, 0.5) is 5.82 Å². The van der Waals surface area contributed by atoms with Gasteiger partial charge in [0, 0.05) is 38.8 Å². The van der Waals surface area contributed by atoms with Crippen molar-refractivity contribution in [2.24, 2.45) is 7.05 Å². The predicted octanol–water partition coefficient (Wildman–Crippen LogP) is 0.735. The summed E-state index contributed by atoms with van der Waals surface area (Å²) in [4.78, 5) is 24.7. The number of hydrogen-bond acceptors (Lipinski definition) is 4. The summed E-state index contributed by atoms with van der Waals surface area (Å²) in [6.45, 7) is 1.33. The van der Waals surface area contributed by atoms with Crippen LogP contribution in [0.3, 0.4) is 0 Å². The van der Waals surface area contributed by atoms with Crippen LogP contribution >= 0.6 is 0 Å². The van der Waals surface area contributed by atoms with Crippen LogP contribution in [0.5, 0.6) is 0 Å². The van der Waals surface area contributed by atoms with E-state index in [0.29, 0.717) is 24.6 Å². The number of anilines is 1. The number of carbonyl (C=O) groups is 1. The molecule has 0 aliphatic carbocycles. The Morgan fingerprint density at radius 1 is 1.30 bits per heavy atom. The number of nitrogens with zero attached hydrogens (tertiary/aromatic N) is 3. The van der Waals surface area contributed by atoms with Gasteiger partial charge in [0.2, 0.25) is 5.91 Å². The lowest BCUT2D eigenvalue weighted by Gasteiger charge is -2.27. The van der Waals surface area contributed by atoms with Crippen LogP contribution in [-0.2, 0) is 16.6 Å². The van der Waals surface area contributed by atoms with Crippen LogP contribution < -0.4 is 10.9 Å². The molecule has 23 heavy (non-hydrogen) atoms. The van der Waals surface area contributed by atoms with E-state index in [1.54, 1.807) is 10.9 Å². The molecule has 1 atom stereocenters. The molecule has 0 bridgehead atoms. The van der Waals surface area contributed by atoms with Crippen molar-refractivity contribution in [2.45, 2.75) is 31.2 Å². The lowest BCUT2D eigenvalue weighted by atomic mass is 9.89. The fraction of sp³-hybridized carbons (Fsp3) is 0.533. The zero-order valence-electron chi connectivity index (χ0n) is 12.9. The molecular weight excluding hydrogens is 298 g/mol. The van der Waals surface area contributed by atoms with Gasteiger partial charge in [0.05, 0.1) is 17.8 Å². The third kappa shape index (κ3) is 2.39. The average molecular weight is 317 g/mol. The predicted molar refractivity (Wildman–Crippen MR) is 82.4 cm³/mol. The van der Waals surface area contributed by atoms with Gasteiger partial charge < -0.3 is 10.1 Å². The molecular formula is C15H19N5O3.